The van der Waals surface area contributed by atoms with Gasteiger partial charge in [0.05, 0.1) is 4.90 Å². The van der Waals surface area contributed by atoms with Gasteiger partial charge < -0.3 is 5.11 Å². The summed E-state index contributed by atoms with van der Waals surface area (Å²) in [5, 5.41) is 9.97. The summed E-state index contributed by atoms with van der Waals surface area (Å²) in [6.07, 6.45) is 5.30. The Morgan fingerprint density at radius 3 is 2.41 bits per heavy atom. The average molecular weight is 387 g/mol. The molecule has 140 valence electrons. The number of benzene rings is 2. The second-order valence-electron chi connectivity index (χ2n) is 6.24. The molecule has 5 nitrogen and oxygen atoms in total. The Hall–Kier alpha value is -2.77. The van der Waals surface area contributed by atoms with Crippen LogP contribution in [0, 0.1) is 11.2 Å². The summed E-state index contributed by atoms with van der Waals surface area (Å²) in [6, 6.07) is 13.4. The Morgan fingerprint density at radius 1 is 1.11 bits per heavy atom. The first kappa shape index (κ1) is 19.0. The second-order valence-corrected chi connectivity index (χ2v) is 8.01. The van der Waals surface area contributed by atoms with Crippen molar-refractivity contribution in [3.05, 3.63) is 84.2 Å². The van der Waals surface area contributed by atoms with Crippen molar-refractivity contribution in [1.82, 2.24) is 4.72 Å². The summed E-state index contributed by atoms with van der Waals surface area (Å²) in [7, 11) is -3.98. The summed E-state index contributed by atoms with van der Waals surface area (Å²) in [5.41, 5.74) is -0.200. The SMILES string of the molecule is O=C(O)C1(CNS(=O)(=O)c2ccc(F)cc2)CC=CC=C1c1ccccc1. The number of nitrogens with one attached hydrogen (secondary N) is 1. The second kappa shape index (κ2) is 7.46. The first-order valence-electron chi connectivity index (χ1n) is 8.26. The molecule has 0 bridgehead atoms. The Labute approximate surface area is 156 Å². The van der Waals surface area contributed by atoms with E-state index in [1.807, 2.05) is 6.07 Å². The van der Waals surface area contributed by atoms with Gasteiger partial charge in [-0.25, -0.2) is 17.5 Å². The Bertz CT molecular complexity index is 998. The molecule has 2 aromatic rings. The summed E-state index contributed by atoms with van der Waals surface area (Å²) >= 11 is 0. The quantitative estimate of drug-likeness (QED) is 0.797. The summed E-state index contributed by atoms with van der Waals surface area (Å²) < 4.78 is 40.5. The summed E-state index contributed by atoms with van der Waals surface area (Å²) in [5.74, 6) is -1.67. The lowest BCUT2D eigenvalue weighted by Gasteiger charge is -2.33. The van der Waals surface area contributed by atoms with Gasteiger partial charge >= 0.3 is 5.97 Å². The van der Waals surface area contributed by atoms with E-state index >= 15 is 0 Å². The number of rotatable bonds is 6. The van der Waals surface area contributed by atoms with Crippen molar-refractivity contribution < 1.29 is 22.7 Å². The average Bonchev–Trinajstić information content (AvgIpc) is 2.67. The number of aliphatic carboxylic acids is 1. The van der Waals surface area contributed by atoms with E-state index in [0.717, 1.165) is 24.3 Å². The van der Waals surface area contributed by atoms with Crippen molar-refractivity contribution in [2.45, 2.75) is 11.3 Å². The molecule has 7 heteroatoms. The fraction of sp³-hybridized carbons (Fsp3) is 0.150. The number of carboxylic acid groups (broad SMARTS) is 1. The Kier molecular flexibility index (Phi) is 5.25. The number of halogens is 1. The fourth-order valence-corrected chi connectivity index (χ4v) is 4.15. The molecular formula is C20H18FNO4S. The molecule has 0 saturated heterocycles. The molecular weight excluding hydrogens is 369 g/mol. The van der Waals surface area contributed by atoms with Gasteiger partial charge in [0.15, 0.2) is 0 Å². The van der Waals surface area contributed by atoms with E-state index < -0.39 is 27.2 Å². The van der Waals surface area contributed by atoms with E-state index in [0.29, 0.717) is 11.1 Å². The zero-order valence-corrected chi connectivity index (χ0v) is 15.1. The van der Waals surface area contributed by atoms with Crippen LogP contribution in [0.15, 0.2) is 77.7 Å². The lowest BCUT2D eigenvalue weighted by atomic mass is 9.72. The highest BCUT2D eigenvalue weighted by atomic mass is 32.2. The predicted octanol–water partition coefficient (Wildman–Crippen LogP) is 3.22. The van der Waals surface area contributed by atoms with E-state index in [1.54, 1.807) is 42.5 Å². The van der Waals surface area contributed by atoms with Crippen LogP contribution >= 0.6 is 0 Å². The van der Waals surface area contributed by atoms with Gasteiger partial charge in [-0.3, -0.25) is 4.79 Å². The summed E-state index contributed by atoms with van der Waals surface area (Å²) in [6.45, 7) is -0.326. The van der Waals surface area contributed by atoms with E-state index in [1.165, 1.54) is 0 Å². The van der Waals surface area contributed by atoms with Gasteiger partial charge in [0.1, 0.15) is 11.2 Å². The predicted molar refractivity (Wildman–Crippen MR) is 99.8 cm³/mol. The number of carbonyl (C=O) groups is 1. The van der Waals surface area contributed by atoms with E-state index in [4.69, 9.17) is 0 Å². The van der Waals surface area contributed by atoms with Crippen molar-refractivity contribution in [3.63, 3.8) is 0 Å². The lowest BCUT2D eigenvalue weighted by molar-refractivity contribution is -0.144. The molecule has 0 spiro atoms. The maximum absolute atomic E-state index is 13.0. The van der Waals surface area contributed by atoms with Crippen LogP contribution in [0.1, 0.15) is 12.0 Å². The zero-order chi connectivity index (χ0) is 19.5. The fourth-order valence-electron chi connectivity index (χ4n) is 3.05. The molecule has 2 N–H and O–H groups in total. The van der Waals surface area contributed by atoms with Gasteiger partial charge in [0.2, 0.25) is 10.0 Å². The molecule has 0 saturated carbocycles. The lowest BCUT2D eigenvalue weighted by Crippen LogP contribution is -2.44. The highest BCUT2D eigenvalue weighted by Crippen LogP contribution is 2.41. The maximum Gasteiger partial charge on any atom is 0.315 e. The first-order valence-corrected chi connectivity index (χ1v) is 9.75. The molecule has 1 aliphatic carbocycles. The third kappa shape index (κ3) is 3.84. The highest BCUT2D eigenvalue weighted by Gasteiger charge is 2.43. The van der Waals surface area contributed by atoms with Crippen LogP contribution in [0.3, 0.4) is 0 Å². The minimum atomic E-state index is -3.98. The van der Waals surface area contributed by atoms with E-state index in [9.17, 15) is 22.7 Å². The van der Waals surface area contributed by atoms with Crippen LogP contribution in [0.5, 0.6) is 0 Å². The molecule has 1 atom stereocenters. The van der Waals surface area contributed by atoms with Gasteiger partial charge in [0, 0.05) is 6.54 Å². The van der Waals surface area contributed by atoms with Crippen molar-refractivity contribution in [2.75, 3.05) is 6.54 Å². The topological polar surface area (TPSA) is 83.5 Å². The van der Waals surface area contributed by atoms with Crippen molar-refractivity contribution >= 4 is 21.6 Å². The minimum Gasteiger partial charge on any atom is -0.481 e. The molecule has 1 aliphatic rings. The van der Waals surface area contributed by atoms with Gasteiger partial charge in [-0.05, 0) is 41.8 Å². The standard InChI is InChI=1S/C20H18FNO4S/c21-16-9-11-17(12-10-16)27(25,26)22-14-20(19(23)24)13-5-4-8-18(20)15-6-2-1-3-7-15/h1-12,22H,13-14H2,(H,23,24). The highest BCUT2D eigenvalue weighted by molar-refractivity contribution is 7.89. The largest absolute Gasteiger partial charge is 0.481 e. The van der Waals surface area contributed by atoms with Gasteiger partial charge in [-0.2, -0.15) is 0 Å². The van der Waals surface area contributed by atoms with Crippen LogP contribution in [0.4, 0.5) is 4.39 Å². The number of hydrogen-bond acceptors (Lipinski definition) is 3. The van der Waals surface area contributed by atoms with Crippen LogP contribution in [0.25, 0.3) is 5.57 Å². The molecule has 1 unspecified atom stereocenters. The third-order valence-corrected chi connectivity index (χ3v) is 5.98. The van der Waals surface area contributed by atoms with Crippen molar-refractivity contribution in [2.24, 2.45) is 5.41 Å². The number of carboxylic acids is 1. The van der Waals surface area contributed by atoms with Crippen molar-refractivity contribution in [1.29, 1.82) is 0 Å². The number of sulfonamides is 1. The summed E-state index contributed by atoms with van der Waals surface area (Å²) in [4.78, 5) is 12.1. The molecule has 0 aliphatic heterocycles. The smallest absolute Gasteiger partial charge is 0.315 e. The van der Waals surface area contributed by atoms with Gasteiger partial charge in [-0.15, -0.1) is 0 Å². The van der Waals surface area contributed by atoms with E-state index in [2.05, 4.69) is 4.72 Å². The third-order valence-electron chi connectivity index (χ3n) is 4.56. The molecule has 3 rings (SSSR count). The normalized spacial score (nSPS) is 19.5. The van der Waals surface area contributed by atoms with Crippen molar-refractivity contribution in [3.8, 4) is 0 Å². The molecule has 0 radical (unpaired) electrons. The number of hydrogen-bond donors (Lipinski definition) is 2. The first-order chi connectivity index (χ1) is 12.8. The van der Waals surface area contributed by atoms with Crippen LogP contribution < -0.4 is 4.72 Å². The molecule has 2 aromatic carbocycles. The van der Waals surface area contributed by atoms with Crippen LogP contribution in [-0.4, -0.2) is 26.0 Å². The number of allylic oxidation sites excluding steroid dienone is 3. The molecule has 0 heterocycles. The maximum atomic E-state index is 13.0. The van der Waals surface area contributed by atoms with Crippen LogP contribution in [0.2, 0.25) is 0 Å². The molecule has 0 fully saturated rings. The molecule has 0 amide bonds. The molecule has 0 aromatic heterocycles. The van der Waals surface area contributed by atoms with Crippen LogP contribution in [-0.2, 0) is 14.8 Å². The zero-order valence-electron chi connectivity index (χ0n) is 14.3. The monoisotopic (exact) mass is 387 g/mol. The van der Waals surface area contributed by atoms with E-state index in [-0.39, 0.29) is 17.9 Å². The minimum absolute atomic E-state index is 0.124. The Balaban J connectivity index is 1.93. The van der Waals surface area contributed by atoms with Gasteiger partial charge in [-0.1, -0.05) is 48.6 Å². The molecule has 27 heavy (non-hydrogen) atoms. The Morgan fingerprint density at radius 2 is 1.78 bits per heavy atom. The van der Waals surface area contributed by atoms with Gasteiger partial charge in [0.25, 0.3) is 0 Å².